The maximum absolute atomic E-state index is 6.04. The number of aromatic nitrogens is 2. The van der Waals surface area contributed by atoms with Crippen molar-refractivity contribution in [1.29, 1.82) is 0 Å². The van der Waals surface area contributed by atoms with Gasteiger partial charge in [-0.15, -0.1) is 0 Å². The molecule has 0 fully saturated rings. The van der Waals surface area contributed by atoms with Gasteiger partial charge in [-0.25, -0.2) is 4.98 Å². The van der Waals surface area contributed by atoms with E-state index in [0.717, 1.165) is 35.7 Å². The van der Waals surface area contributed by atoms with Gasteiger partial charge in [0, 0.05) is 17.6 Å². The number of ether oxygens (including phenoxy) is 1. The average molecular weight is 306 g/mol. The topological polar surface area (TPSA) is 47.0 Å². The molecule has 0 radical (unpaired) electrons. The molecular weight excluding hydrogens is 286 g/mol. The highest BCUT2D eigenvalue weighted by molar-refractivity contribution is 6.30. The Morgan fingerprint density at radius 2 is 1.76 bits per heavy atom. The van der Waals surface area contributed by atoms with E-state index in [2.05, 4.69) is 22.2 Å². The van der Waals surface area contributed by atoms with E-state index in [4.69, 9.17) is 16.3 Å². The zero-order chi connectivity index (χ0) is 15.4. The van der Waals surface area contributed by atoms with Gasteiger partial charge in [-0.1, -0.05) is 18.5 Å². The summed E-state index contributed by atoms with van der Waals surface area (Å²) in [5.41, 5.74) is 1.97. The molecule has 0 aliphatic rings. The molecule has 112 valence electrons. The Bertz CT molecular complexity index is 620. The lowest BCUT2D eigenvalue weighted by atomic mass is 10.1. The third kappa shape index (κ3) is 4.08. The van der Waals surface area contributed by atoms with Crippen molar-refractivity contribution in [2.45, 2.75) is 34.1 Å². The molecule has 0 saturated heterocycles. The minimum Gasteiger partial charge on any atom is -0.438 e. The second-order valence-corrected chi connectivity index (χ2v) is 5.47. The number of aryl methyl sites for hydroxylation is 3. The van der Waals surface area contributed by atoms with E-state index in [1.165, 1.54) is 0 Å². The van der Waals surface area contributed by atoms with Gasteiger partial charge in [0.15, 0.2) is 0 Å². The van der Waals surface area contributed by atoms with Crippen molar-refractivity contribution in [3.63, 3.8) is 0 Å². The molecule has 0 unspecified atom stereocenters. The molecule has 21 heavy (non-hydrogen) atoms. The highest BCUT2D eigenvalue weighted by atomic mass is 35.5. The molecule has 1 heterocycles. The van der Waals surface area contributed by atoms with Crippen molar-refractivity contribution in [2.75, 3.05) is 11.9 Å². The Hall–Kier alpha value is -1.81. The summed E-state index contributed by atoms with van der Waals surface area (Å²) in [6.45, 7) is 8.77. The molecule has 0 atom stereocenters. The molecule has 2 rings (SSSR count). The molecule has 0 aliphatic carbocycles. The summed E-state index contributed by atoms with van der Waals surface area (Å²) in [5.74, 6) is 2.78. The van der Waals surface area contributed by atoms with Crippen LogP contribution >= 0.6 is 11.6 Å². The third-order valence-corrected chi connectivity index (χ3v) is 3.22. The summed E-state index contributed by atoms with van der Waals surface area (Å²) in [5, 5.41) is 3.96. The number of nitrogens with one attached hydrogen (secondary N) is 1. The summed E-state index contributed by atoms with van der Waals surface area (Å²) in [6.07, 6.45) is 1.04. The number of nitrogens with zero attached hydrogens (tertiary/aromatic N) is 2. The Morgan fingerprint density at radius 3 is 2.38 bits per heavy atom. The van der Waals surface area contributed by atoms with Crippen LogP contribution in [0, 0.1) is 20.8 Å². The smallest absolute Gasteiger partial charge is 0.224 e. The van der Waals surface area contributed by atoms with Gasteiger partial charge in [0.2, 0.25) is 5.88 Å². The Morgan fingerprint density at radius 1 is 1.10 bits per heavy atom. The highest BCUT2D eigenvalue weighted by Gasteiger charge is 2.09. The van der Waals surface area contributed by atoms with Crippen LogP contribution in [0.4, 0.5) is 5.82 Å². The Labute approximate surface area is 130 Å². The van der Waals surface area contributed by atoms with Crippen LogP contribution in [0.5, 0.6) is 11.6 Å². The van der Waals surface area contributed by atoms with Crippen LogP contribution in [0.2, 0.25) is 5.02 Å². The van der Waals surface area contributed by atoms with Crippen LogP contribution in [0.15, 0.2) is 18.2 Å². The van der Waals surface area contributed by atoms with Crippen LogP contribution in [-0.2, 0) is 0 Å². The van der Waals surface area contributed by atoms with Gasteiger partial charge >= 0.3 is 0 Å². The van der Waals surface area contributed by atoms with E-state index in [1.54, 1.807) is 0 Å². The van der Waals surface area contributed by atoms with Crippen LogP contribution < -0.4 is 10.1 Å². The molecule has 2 aromatic rings. The second kappa shape index (κ2) is 6.76. The van der Waals surface area contributed by atoms with Crippen molar-refractivity contribution < 1.29 is 4.74 Å². The van der Waals surface area contributed by atoms with Gasteiger partial charge in [0.05, 0.1) is 0 Å². The first kappa shape index (κ1) is 15.6. The summed E-state index contributed by atoms with van der Waals surface area (Å²) >= 11 is 6.04. The zero-order valence-electron chi connectivity index (χ0n) is 12.8. The van der Waals surface area contributed by atoms with E-state index >= 15 is 0 Å². The summed E-state index contributed by atoms with van der Waals surface area (Å²) in [7, 11) is 0. The van der Waals surface area contributed by atoms with Crippen molar-refractivity contribution in [1.82, 2.24) is 9.97 Å². The SMILES string of the molecule is CCCNc1cc(Oc2c(C)cc(Cl)cc2C)nc(C)n1. The molecule has 4 nitrogen and oxygen atoms in total. The quantitative estimate of drug-likeness (QED) is 0.872. The average Bonchev–Trinajstić information content (AvgIpc) is 2.40. The number of rotatable bonds is 5. The van der Waals surface area contributed by atoms with Crippen LogP contribution in [0.25, 0.3) is 0 Å². The number of benzene rings is 1. The maximum Gasteiger partial charge on any atom is 0.224 e. The zero-order valence-corrected chi connectivity index (χ0v) is 13.6. The van der Waals surface area contributed by atoms with Gasteiger partial charge < -0.3 is 10.1 Å². The minimum absolute atomic E-state index is 0.537. The molecule has 1 aromatic heterocycles. The molecule has 5 heteroatoms. The fraction of sp³-hybridized carbons (Fsp3) is 0.375. The van der Waals surface area contributed by atoms with Crippen molar-refractivity contribution >= 4 is 17.4 Å². The Balaban J connectivity index is 2.29. The lowest BCUT2D eigenvalue weighted by Crippen LogP contribution is -2.04. The van der Waals surface area contributed by atoms with E-state index < -0.39 is 0 Å². The van der Waals surface area contributed by atoms with Gasteiger partial charge in [0.1, 0.15) is 17.4 Å². The van der Waals surface area contributed by atoms with Crippen molar-refractivity contribution in [3.8, 4) is 11.6 Å². The van der Waals surface area contributed by atoms with E-state index in [0.29, 0.717) is 16.7 Å². The van der Waals surface area contributed by atoms with Gasteiger partial charge in [0.25, 0.3) is 0 Å². The first-order chi connectivity index (χ1) is 9.99. The first-order valence-electron chi connectivity index (χ1n) is 7.03. The number of hydrogen-bond donors (Lipinski definition) is 1. The molecule has 1 N–H and O–H groups in total. The van der Waals surface area contributed by atoms with Crippen LogP contribution in [-0.4, -0.2) is 16.5 Å². The standard InChI is InChI=1S/C16H20ClN3O/c1-5-6-18-14-9-15(20-12(4)19-14)21-16-10(2)7-13(17)8-11(16)3/h7-9H,5-6H2,1-4H3,(H,18,19,20). The Kier molecular flexibility index (Phi) is 5.02. The lowest BCUT2D eigenvalue weighted by molar-refractivity contribution is 0.453. The predicted octanol–water partition coefficient (Wildman–Crippen LogP) is 4.67. The molecule has 0 saturated carbocycles. The summed E-state index contributed by atoms with van der Waals surface area (Å²) < 4.78 is 5.95. The van der Waals surface area contributed by atoms with Crippen LogP contribution in [0.1, 0.15) is 30.3 Å². The number of anilines is 1. The largest absolute Gasteiger partial charge is 0.438 e. The van der Waals surface area contributed by atoms with Gasteiger partial charge in [-0.05, 0) is 50.5 Å². The summed E-state index contributed by atoms with van der Waals surface area (Å²) in [6, 6.07) is 5.58. The van der Waals surface area contributed by atoms with E-state index in [1.807, 2.05) is 39.0 Å². The normalized spacial score (nSPS) is 10.5. The van der Waals surface area contributed by atoms with Crippen molar-refractivity contribution in [3.05, 3.63) is 40.2 Å². The minimum atomic E-state index is 0.537. The predicted molar refractivity (Wildman–Crippen MR) is 86.5 cm³/mol. The number of hydrogen-bond acceptors (Lipinski definition) is 4. The molecule has 0 bridgehead atoms. The van der Waals surface area contributed by atoms with Gasteiger partial charge in [-0.3, -0.25) is 0 Å². The fourth-order valence-corrected chi connectivity index (χ4v) is 2.43. The van der Waals surface area contributed by atoms with Crippen molar-refractivity contribution in [2.24, 2.45) is 0 Å². The van der Waals surface area contributed by atoms with E-state index in [9.17, 15) is 0 Å². The molecule has 0 amide bonds. The maximum atomic E-state index is 6.04. The monoisotopic (exact) mass is 305 g/mol. The van der Waals surface area contributed by atoms with Crippen LogP contribution in [0.3, 0.4) is 0 Å². The molecular formula is C16H20ClN3O. The van der Waals surface area contributed by atoms with E-state index in [-0.39, 0.29) is 0 Å². The second-order valence-electron chi connectivity index (χ2n) is 5.04. The molecule has 0 spiro atoms. The molecule has 1 aromatic carbocycles. The number of halogens is 1. The molecule has 0 aliphatic heterocycles. The highest BCUT2D eigenvalue weighted by Crippen LogP contribution is 2.31. The summed E-state index contributed by atoms with van der Waals surface area (Å²) in [4.78, 5) is 8.68. The lowest BCUT2D eigenvalue weighted by Gasteiger charge is -2.13. The van der Waals surface area contributed by atoms with Gasteiger partial charge in [-0.2, -0.15) is 4.98 Å². The first-order valence-corrected chi connectivity index (χ1v) is 7.41. The third-order valence-electron chi connectivity index (χ3n) is 3.00. The fourth-order valence-electron chi connectivity index (χ4n) is 2.10.